The Bertz CT molecular complexity index is 612. The van der Waals surface area contributed by atoms with Gasteiger partial charge in [-0.3, -0.25) is 0 Å². The summed E-state index contributed by atoms with van der Waals surface area (Å²) in [6, 6.07) is 2.77. The highest BCUT2D eigenvalue weighted by Gasteiger charge is 2.31. The molecule has 0 bridgehead atoms. The van der Waals surface area contributed by atoms with Gasteiger partial charge < -0.3 is 0 Å². The number of benzene rings is 1. The maximum atomic E-state index is 12.4. The number of halogens is 6. The van der Waals surface area contributed by atoms with Crippen LogP contribution in [0.15, 0.2) is 24.5 Å². The molecule has 100 valence electrons. The van der Waals surface area contributed by atoms with Gasteiger partial charge in [0.15, 0.2) is 5.82 Å². The molecule has 0 amide bonds. The Hall–Kier alpha value is -1.04. The first-order chi connectivity index (χ1) is 8.79. The monoisotopic (exact) mass is 326 g/mol. The Labute approximate surface area is 121 Å². The zero-order valence-corrected chi connectivity index (χ0v) is 11.2. The normalized spacial score (nSPS) is 11.7. The molecule has 1 heterocycles. The molecule has 8 heteroatoms. The van der Waals surface area contributed by atoms with Crippen LogP contribution >= 0.6 is 34.8 Å². The SMILES string of the molecule is FC(F)(F)c1cnc(-c2cc(Cl)c(Cl)cc2Cl)nc1. The minimum Gasteiger partial charge on any atom is -0.236 e. The Morgan fingerprint density at radius 3 is 1.89 bits per heavy atom. The third kappa shape index (κ3) is 3.11. The van der Waals surface area contributed by atoms with Crippen molar-refractivity contribution in [3.63, 3.8) is 0 Å². The van der Waals surface area contributed by atoms with Crippen LogP contribution in [0.2, 0.25) is 15.1 Å². The molecule has 2 aromatic rings. The van der Waals surface area contributed by atoms with E-state index in [2.05, 4.69) is 9.97 Å². The molecule has 0 fully saturated rings. The van der Waals surface area contributed by atoms with Crippen LogP contribution < -0.4 is 0 Å². The lowest BCUT2D eigenvalue weighted by molar-refractivity contribution is -0.138. The van der Waals surface area contributed by atoms with Gasteiger partial charge in [0.2, 0.25) is 0 Å². The lowest BCUT2D eigenvalue weighted by Crippen LogP contribution is -2.06. The first kappa shape index (κ1) is 14.4. The molecule has 0 saturated carbocycles. The topological polar surface area (TPSA) is 25.8 Å². The third-order valence-corrected chi connectivity index (χ3v) is 3.26. The molecule has 19 heavy (non-hydrogen) atoms. The first-order valence-electron chi connectivity index (χ1n) is 4.83. The fraction of sp³-hybridized carbons (Fsp3) is 0.0909. The quantitative estimate of drug-likeness (QED) is 0.679. The molecule has 0 saturated heterocycles. The largest absolute Gasteiger partial charge is 0.419 e. The van der Waals surface area contributed by atoms with Gasteiger partial charge in [-0.15, -0.1) is 0 Å². The molecule has 2 nitrogen and oxygen atoms in total. The second-order valence-corrected chi connectivity index (χ2v) is 4.76. The second-order valence-electron chi connectivity index (χ2n) is 3.54. The minimum absolute atomic E-state index is 0.0385. The van der Waals surface area contributed by atoms with Crippen LogP contribution in [0.25, 0.3) is 11.4 Å². The van der Waals surface area contributed by atoms with Crippen molar-refractivity contribution in [3.8, 4) is 11.4 Å². The molecule has 0 unspecified atom stereocenters. The maximum Gasteiger partial charge on any atom is 0.419 e. The standard InChI is InChI=1S/C11H4Cl3F3N2/c12-7-2-9(14)8(13)1-6(7)10-18-3-5(4-19-10)11(15,16)17/h1-4H. The van der Waals surface area contributed by atoms with Gasteiger partial charge in [-0.25, -0.2) is 9.97 Å². The van der Waals surface area contributed by atoms with Gasteiger partial charge in [0.1, 0.15) is 0 Å². The van der Waals surface area contributed by atoms with Gasteiger partial charge in [-0.05, 0) is 12.1 Å². The third-order valence-electron chi connectivity index (χ3n) is 2.23. The van der Waals surface area contributed by atoms with E-state index in [1.807, 2.05) is 0 Å². The summed E-state index contributed by atoms with van der Waals surface area (Å²) in [6.07, 6.45) is -3.12. The molecule has 0 atom stereocenters. The van der Waals surface area contributed by atoms with Crippen molar-refractivity contribution in [2.45, 2.75) is 6.18 Å². The van der Waals surface area contributed by atoms with Gasteiger partial charge in [0.25, 0.3) is 0 Å². The zero-order chi connectivity index (χ0) is 14.2. The Morgan fingerprint density at radius 1 is 0.842 bits per heavy atom. The zero-order valence-electron chi connectivity index (χ0n) is 8.97. The molecular formula is C11H4Cl3F3N2. The van der Waals surface area contributed by atoms with Gasteiger partial charge in [0.05, 0.1) is 20.6 Å². The smallest absolute Gasteiger partial charge is 0.236 e. The second kappa shape index (κ2) is 5.15. The summed E-state index contributed by atoms with van der Waals surface area (Å²) in [7, 11) is 0. The summed E-state index contributed by atoms with van der Waals surface area (Å²) in [5.41, 5.74) is -0.628. The van der Waals surface area contributed by atoms with Crippen molar-refractivity contribution in [1.29, 1.82) is 0 Å². The van der Waals surface area contributed by atoms with Crippen LogP contribution in [0.3, 0.4) is 0 Å². The summed E-state index contributed by atoms with van der Waals surface area (Å²) in [4.78, 5) is 7.26. The van der Waals surface area contributed by atoms with Gasteiger partial charge in [-0.1, -0.05) is 34.8 Å². The average molecular weight is 328 g/mol. The molecule has 1 aromatic carbocycles. The summed E-state index contributed by atoms with van der Waals surface area (Å²) in [5.74, 6) is 0.0385. The van der Waals surface area contributed by atoms with Crippen molar-refractivity contribution in [2.24, 2.45) is 0 Å². The number of hydrogen-bond donors (Lipinski definition) is 0. The van der Waals surface area contributed by atoms with E-state index in [1.165, 1.54) is 12.1 Å². The van der Waals surface area contributed by atoms with Crippen LogP contribution in [0.1, 0.15) is 5.56 Å². The fourth-order valence-electron chi connectivity index (χ4n) is 1.31. The van der Waals surface area contributed by atoms with Crippen LogP contribution in [-0.4, -0.2) is 9.97 Å². The van der Waals surface area contributed by atoms with E-state index in [0.29, 0.717) is 18.0 Å². The number of nitrogens with zero attached hydrogens (tertiary/aromatic N) is 2. The van der Waals surface area contributed by atoms with Gasteiger partial charge in [-0.2, -0.15) is 13.2 Å². The first-order valence-corrected chi connectivity index (χ1v) is 5.96. The van der Waals surface area contributed by atoms with E-state index in [-0.39, 0.29) is 20.9 Å². The van der Waals surface area contributed by atoms with Crippen molar-refractivity contribution in [1.82, 2.24) is 9.97 Å². The molecule has 0 spiro atoms. The average Bonchev–Trinajstić information content (AvgIpc) is 2.33. The lowest BCUT2D eigenvalue weighted by Gasteiger charge is -2.08. The molecular weight excluding hydrogens is 323 g/mol. The minimum atomic E-state index is -4.49. The Morgan fingerprint density at radius 2 is 1.37 bits per heavy atom. The molecule has 0 aliphatic rings. The number of rotatable bonds is 1. The molecule has 0 radical (unpaired) electrons. The molecule has 0 N–H and O–H groups in total. The summed E-state index contributed by atoms with van der Waals surface area (Å²) in [5, 5.41) is 0.654. The Balaban J connectivity index is 2.46. The molecule has 0 aliphatic carbocycles. The lowest BCUT2D eigenvalue weighted by atomic mass is 10.2. The fourth-order valence-corrected chi connectivity index (χ4v) is 1.94. The Kier molecular flexibility index (Phi) is 3.90. The maximum absolute atomic E-state index is 12.4. The van der Waals surface area contributed by atoms with Crippen molar-refractivity contribution < 1.29 is 13.2 Å². The number of hydrogen-bond acceptors (Lipinski definition) is 2. The molecule has 0 aliphatic heterocycles. The van der Waals surface area contributed by atoms with Crippen molar-refractivity contribution in [3.05, 3.63) is 45.2 Å². The molecule has 1 aromatic heterocycles. The summed E-state index contributed by atoms with van der Waals surface area (Å²) >= 11 is 17.5. The number of alkyl halides is 3. The van der Waals surface area contributed by atoms with Crippen LogP contribution in [-0.2, 0) is 6.18 Å². The van der Waals surface area contributed by atoms with Crippen LogP contribution in [0.4, 0.5) is 13.2 Å². The van der Waals surface area contributed by atoms with Gasteiger partial charge in [0, 0.05) is 18.0 Å². The van der Waals surface area contributed by atoms with E-state index in [1.54, 1.807) is 0 Å². The summed E-state index contributed by atoms with van der Waals surface area (Å²) < 4.78 is 37.1. The van der Waals surface area contributed by atoms with Crippen LogP contribution in [0.5, 0.6) is 0 Å². The predicted molar refractivity (Wildman–Crippen MR) is 67.5 cm³/mol. The van der Waals surface area contributed by atoms with Crippen molar-refractivity contribution >= 4 is 34.8 Å². The van der Waals surface area contributed by atoms with Crippen LogP contribution in [0, 0.1) is 0 Å². The van der Waals surface area contributed by atoms with E-state index < -0.39 is 11.7 Å². The highest BCUT2D eigenvalue weighted by atomic mass is 35.5. The van der Waals surface area contributed by atoms with Crippen molar-refractivity contribution in [2.75, 3.05) is 0 Å². The highest BCUT2D eigenvalue weighted by Crippen LogP contribution is 2.34. The van der Waals surface area contributed by atoms with E-state index in [4.69, 9.17) is 34.8 Å². The molecule has 2 rings (SSSR count). The number of aromatic nitrogens is 2. The highest BCUT2D eigenvalue weighted by molar-refractivity contribution is 6.44. The van der Waals surface area contributed by atoms with E-state index in [9.17, 15) is 13.2 Å². The van der Waals surface area contributed by atoms with E-state index in [0.717, 1.165) is 0 Å². The van der Waals surface area contributed by atoms with Gasteiger partial charge >= 0.3 is 6.18 Å². The summed E-state index contributed by atoms with van der Waals surface area (Å²) in [6.45, 7) is 0. The van der Waals surface area contributed by atoms with E-state index >= 15 is 0 Å². The predicted octanol–water partition coefficient (Wildman–Crippen LogP) is 5.12.